The Bertz CT molecular complexity index is 209. The molecule has 0 aliphatic heterocycles. The first-order chi connectivity index (χ1) is 5.13. The van der Waals surface area contributed by atoms with Gasteiger partial charge in [0.1, 0.15) is 6.61 Å². The summed E-state index contributed by atoms with van der Waals surface area (Å²) in [5.74, 6) is -0.0218. The summed E-state index contributed by atoms with van der Waals surface area (Å²) < 4.78 is 16.0. The van der Waals surface area contributed by atoms with E-state index in [0.717, 1.165) is 0 Å². The highest BCUT2D eigenvalue weighted by Gasteiger charge is 2.22. The van der Waals surface area contributed by atoms with Gasteiger partial charge in [-0.2, -0.15) is 0 Å². The number of carbonyl (C=O) groups excluding carboxylic acids is 1. The van der Waals surface area contributed by atoms with Gasteiger partial charge in [-0.15, -0.1) is 0 Å². The topological polar surface area (TPSA) is 43.4 Å². The second-order valence-electron chi connectivity index (χ2n) is 4.20. The summed E-state index contributed by atoms with van der Waals surface area (Å²) in [6, 6.07) is 0. The van der Waals surface area contributed by atoms with Gasteiger partial charge in [0, 0.05) is 18.7 Å². The summed E-state index contributed by atoms with van der Waals surface area (Å²) in [5, 5.41) is 0. The molecule has 0 aliphatic rings. The Hall–Kier alpha value is -0.140. The first kappa shape index (κ1) is 11.9. The monoisotopic (exact) mass is 192 g/mol. The maximum absolute atomic E-state index is 11.3. The Morgan fingerprint density at radius 1 is 1.33 bits per heavy atom. The summed E-state index contributed by atoms with van der Waals surface area (Å²) in [7, 11) is -2.51. The molecule has 0 amide bonds. The molecule has 72 valence electrons. The lowest BCUT2D eigenvalue weighted by molar-refractivity contribution is -0.128. The van der Waals surface area contributed by atoms with E-state index in [9.17, 15) is 9.36 Å². The van der Waals surface area contributed by atoms with Crippen LogP contribution in [0.2, 0.25) is 0 Å². The molecule has 12 heavy (non-hydrogen) atoms. The zero-order chi connectivity index (χ0) is 9.99. The van der Waals surface area contributed by atoms with E-state index in [1.807, 2.05) is 20.8 Å². The largest absolute Gasteiger partial charge is 0.321 e. The van der Waals surface area contributed by atoms with Crippen LogP contribution in [0, 0.1) is 5.41 Å². The Morgan fingerprint density at radius 3 is 2.00 bits per heavy atom. The van der Waals surface area contributed by atoms with Crippen molar-refractivity contribution in [2.24, 2.45) is 5.41 Å². The molecule has 0 saturated heterocycles. The molecule has 0 radical (unpaired) electrons. The fraction of sp³-hybridized carbons (Fsp3) is 0.875. The second-order valence-corrected chi connectivity index (χ2v) is 6.96. The molecule has 0 atom stereocenters. The first-order valence-corrected chi connectivity index (χ1v) is 6.38. The van der Waals surface area contributed by atoms with Crippen molar-refractivity contribution in [2.75, 3.05) is 19.9 Å². The molecule has 0 N–H and O–H groups in total. The Kier molecular flexibility index (Phi) is 3.67. The van der Waals surface area contributed by atoms with Gasteiger partial charge < -0.3 is 4.52 Å². The summed E-state index contributed by atoms with van der Waals surface area (Å²) in [6.07, 6.45) is 0. The maximum Gasteiger partial charge on any atom is 0.197 e. The molecule has 0 aromatic heterocycles. The summed E-state index contributed by atoms with van der Waals surface area (Å²) in [5.41, 5.74) is -0.408. The van der Waals surface area contributed by atoms with Crippen molar-refractivity contribution in [3.63, 3.8) is 0 Å². The highest BCUT2D eigenvalue weighted by atomic mass is 31.2. The molecular formula is C8H17O3P. The van der Waals surface area contributed by atoms with E-state index in [4.69, 9.17) is 4.52 Å². The van der Waals surface area contributed by atoms with Crippen LogP contribution in [0.3, 0.4) is 0 Å². The van der Waals surface area contributed by atoms with Gasteiger partial charge in [0.25, 0.3) is 0 Å². The van der Waals surface area contributed by atoms with Crippen molar-refractivity contribution in [2.45, 2.75) is 20.8 Å². The van der Waals surface area contributed by atoms with Crippen molar-refractivity contribution in [1.29, 1.82) is 0 Å². The predicted molar refractivity (Wildman–Crippen MR) is 49.9 cm³/mol. The fourth-order valence-electron chi connectivity index (χ4n) is 0.431. The molecule has 4 heteroatoms. The van der Waals surface area contributed by atoms with E-state index < -0.39 is 12.8 Å². The lowest BCUT2D eigenvalue weighted by Crippen LogP contribution is -2.24. The molecule has 3 nitrogen and oxygen atoms in total. The standard InChI is InChI=1S/C8H17O3P/c1-8(2,3)7(9)6-11-12(4,5)10/h6H2,1-5H3. The lowest BCUT2D eigenvalue weighted by Gasteiger charge is -2.17. The molecule has 0 bridgehead atoms. The van der Waals surface area contributed by atoms with Gasteiger partial charge in [-0.1, -0.05) is 20.8 Å². The van der Waals surface area contributed by atoms with Crippen LogP contribution in [0.15, 0.2) is 0 Å². The van der Waals surface area contributed by atoms with Crippen molar-refractivity contribution in [1.82, 2.24) is 0 Å². The summed E-state index contributed by atoms with van der Waals surface area (Å²) in [4.78, 5) is 11.3. The Balaban J connectivity index is 3.98. The van der Waals surface area contributed by atoms with E-state index in [0.29, 0.717) is 0 Å². The first-order valence-electron chi connectivity index (χ1n) is 3.86. The van der Waals surface area contributed by atoms with Crippen LogP contribution in [0.5, 0.6) is 0 Å². The molecule has 0 aromatic rings. The third-order valence-electron chi connectivity index (χ3n) is 1.34. The van der Waals surface area contributed by atoms with Crippen molar-refractivity contribution < 1.29 is 13.9 Å². The second kappa shape index (κ2) is 3.71. The van der Waals surface area contributed by atoms with Crippen LogP contribution in [-0.2, 0) is 13.9 Å². The van der Waals surface area contributed by atoms with E-state index in [2.05, 4.69) is 0 Å². The highest BCUT2D eigenvalue weighted by Crippen LogP contribution is 2.37. The van der Waals surface area contributed by atoms with Crippen LogP contribution in [0.4, 0.5) is 0 Å². The lowest BCUT2D eigenvalue weighted by atomic mass is 9.91. The van der Waals surface area contributed by atoms with Gasteiger partial charge in [-0.25, -0.2) is 0 Å². The average Bonchev–Trinajstić information content (AvgIpc) is 1.78. The average molecular weight is 192 g/mol. The normalized spacial score (nSPS) is 13.1. The zero-order valence-electron chi connectivity index (χ0n) is 8.38. The Labute approximate surface area is 73.9 Å². The number of Topliss-reactive ketones (excluding diaryl/α,β-unsaturated/α-hetero) is 1. The van der Waals surface area contributed by atoms with Gasteiger partial charge in [-0.05, 0) is 0 Å². The third kappa shape index (κ3) is 5.50. The minimum absolute atomic E-state index is 0.0218. The van der Waals surface area contributed by atoms with Crippen LogP contribution >= 0.6 is 7.37 Å². The molecule has 0 heterocycles. The molecule has 0 aromatic carbocycles. The van der Waals surface area contributed by atoms with Gasteiger partial charge in [0.2, 0.25) is 0 Å². The molecule has 0 fully saturated rings. The summed E-state index contributed by atoms with van der Waals surface area (Å²) in [6.45, 7) is 8.40. The van der Waals surface area contributed by atoms with Crippen LogP contribution in [0.25, 0.3) is 0 Å². The fourth-order valence-corrected chi connectivity index (χ4v) is 0.859. The molecule has 0 spiro atoms. The molecule has 0 saturated carbocycles. The van der Waals surface area contributed by atoms with Crippen molar-refractivity contribution >= 4 is 13.2 Å². The number of ketones is 1. The van der Waals surface area contributed by atoms with Gasteiger partial charge in [0.15, 0.2) is 13.2 Å². The molecular weight excluding hydrogens is 175 g/mol. The number of carbonyl (C=O) groups is 1. The maximum atomic E-state index is 11.3. The SMILES string of the molecule is CC(C)(C)C(=O)COP(C)(C)=O. The van der Waals surface area contributed by atoms with E-state index in [-0.39, 0.29) is 12.4 Å². The van der Waals surface area contributed by atoms with Gasteiger partial charge in [0.05, 0.1) is 0 Å². The zero-order valence-corrected chi connectivity index (χ0v) is 9.27. The predicted octanol–water partition coefficient (Wildman–Crippen LogP) is 2.16. The minimum atomic E-state index is -2.51. The third-order valence-corrected chi connectivity index (χ3v) is 2.09. The smallest absolute Gasteiger partial charge is 0.197 e. The molecule has 0 unspecified atom stereocenters. The number of hydrogen-bond donors (Lipinski definition) is 0. The Morgan fingerprint density at radius 2 is 1.75 bits per heavy atom. The van der Waals surface area contributed by atoms with E-state index in [1.54, 1.807) is 0 Å². The molecule has 0 rings (SSSR count). The van der Waals surface area contributed by atoms with Crippen LogP contribution in [0.1, 0.15) is 20.8 Å². The summed E-state index contributed by atoms with van der Waals surface area (Å²) >= 11 is 0. The quantitative estimate of drug-likeness (QED) is 0.643. The van der Waals surface area contributed by atoms with Gasteiger partial charge in [-0.3, -0.25) is 9.36 Å². The van der Waals surface area contributed by atoms with Crippen LogP contribution < -0.4 is 0 Å². The molecule has 0 aliphatic carbocycles. The highest BCUT2D eigenvalue weighted by molar-refractivity contribution is 7.57. The number of rotatable bonds is 3. The van der Waals surface area contributed by atoms with Crippen LogP contribution in [-0.4, -0.2) is 25.7 Å². The van der Waals surface area contributed by atoms with Gasteiger partial charge >= 0.3 is 0 Å². The van der Waals surface area contributed by atoms with Crippen molar-refractivity contribution in [3.8, 4) is 0 Å². The van der Waals surface area contributed by atoms with Crippen molar-refractivity contribution in [3.05, 3.63) is 0 Å². The van der Waals surface area contributed by atoms with E-state index >= 15 is 0 Å². The minimum Gasteiger partial charge on any atom is -0.321 e. The van der Waals surface area contributed by atoms with E-state index in [1.165, 1.54) is 13.3 Å². The number of hydrogen-bond acceptors (Lipinski definition) is 3.